The fourth-order valence-corrected chi connectivity index (χ4v) is 12.4. The van der Waals surface area contributed by atoms with Crippen molar-refractivity contribution in [3.05, 3.63) is 51.6 Å². The van der Waals surface area contributed by atoms with Gasteiger partial charge in [-0.2, -0.15) is 0 Å². The Morgan fingerprint density at radius 2 is 1.66 bits per heavy atom. The van der Waals surface area contributed by atoms with Crippen molar-refractivity contribution in [3.63, 3.8) is 0 Å². The normalized spacial score (nSPS) is 36.9. The molecule has 6 N–H and O–H groups in total. The molecule has 2 aliphatic carbocycles. The molecule has 8 heterocycles. The van der Waals surface area contributed by atoms with Crippen molar-refractivity contribution in [1.29, 1.82) is 0 Å². The number of hydrogen-bond donors (Lipinski definition) is 5. The first kappa shape index (κ1) is 45.6. The Bertz CT molecular complexity index is 2440. The first-order valence-electron chi connectivity index (χ1n) is 23.5. The molecule has 0 saturated carbocycles. The zero-order valence-electron chi connectivity index (χ0n) is 38.0. The number of nitrogens with zero attached hydrogens (tertiary/aromatic N) is 3. The number of hydrogen-bond acceptors (Lipinski definition) is 18. The van der Waals surface area contributed by atoms with Gasteiger partial charge in [-0.3, -0.25) is 28.9 Å². The number of benzene rings is 2. The third kappa shape index (κ3) is 7.22. The van der Waals surface area contributed by atoms with E-state index < -0.39 is 102 Å². The van der Waals surface area contributed by atoms with Gasteiger partial charge in [-0.1, -0.05) is 12.1 Å². The number of piperazine rings is 1. The van der Waals surface area contributed by atoms with E-state index in [-0.39, 0.29) is 115 Å². The van der Waals surface area contributed by atoms with Crippen molar-refractivity contribution in [3.8, 4) is 17.2 Å². The number of ketones is 2. The van der Waals surface area contributed by atoms with Crippen molar-refractivity contribution in [2.75, 3.05) is 53.7 Å². The number of phenols is 2. The number of aromatic hydroxyl groups is 2. The van der Waals surface area contributed by atoms with Crippen molar-refractivity contribution in [1.82, 2.24) is 20.0 Å². The highest BCUT2D eigenvalue weighted by atomic mass is 16.7. The molecule has 10 aliphatic rings. The topological polar surface area (TPSA) is 268 Å². The molecule has 1 unspecified atom stereocenters. The molecule has 2 bridgehead atoms. The van der Waals surface area contributed by atoms with E-state index in [0.717, 1.165) is 0 Å². The molecule has 8 saturated heterocycles. The molecule has 14 atom stereocenters. The minimum absolute atomic E-state index is 0.0454. The minimum atomic E-state index is -2.26. The zero-order chi connectivity index (χ0) is 47.5. The monoisotopic (exact) mass is 947 g/mol. The number of piperidine rings is 2. The predicted molar refractivity (Wildman–Crippen MR) is 230 cm³/mol. The van der Waals surface area contributed by atoms with E-state index in [9.17, 15) is 34.5 Å². The van der Waals surface area contributed by atoms with Crippen LogP contribution in [0.1, 0.15) is 94.5 Å². The number of ether oxygens (including phenoxy) is 8. The molecule has 12 rings (SSSR count). The third-order valence-electron chi connectivity index (χ3n) is 15.7. The predicted octanol–water partition coefficient (Wildman–Crippen LogP) is -0.258. The highest BCUT2D eigenvalue weighted by molar-refractivity contribution is 6.31. The maximum Gasteiger partial charge on any atom is 0.255 e. The van der Waals surface area contributed by atoms with Gasteiger partial charge in [-0.05, 0) is 25.8 Å². The first-order valence-corrected chi connectivity index (χ1v) is 23.5. The number of nitrogens with one attached hydrogen (secondary N) is 1. The van der Waals surface area contributed by atoms with Gasteiger partial charge in [-0.25, -0.2) is 0 Å². The fraction of sp³-hybridized carbons (Fsp3) is 0.638. The lowest BCUT2D eigenvalue weighted by molar-refractivity contribution is -0.256. The molecule has 366 valence electrons. The molecule has 0 spiro atoms. The molecule has 8 aliphatic heterocycles. The molecule has 2 aromatic carbocycles. The average Bonchev–Trinajstić information content (AvgIpc) is 4.05. The second-order valence-corrected chi connectivity index (χ2v) is 19.5. The highest BCUT2D eigenvalue weighted by Gasteiger charge is 2.57. The van der Waals surface area contributed by atoms with E-state index in [2.05, 4.69) is 10.2 Å². The molecule has 8 fully saturated rings. The van der Waals surface area contributed by atoms with E-state index in [1.54, 1.807) is 16.9 Å². The minimum Gasteiger partial charge on any atom is -0.507 e. The van der Waals surface area contributed by atoms with E-state index >= 15 is 4.79 Å². The van der Waals surface area contributed by atoms with Gasteiger partial charge in [0.2, 0.25) is 17.6 Å². The second-order valence-electron chi connectivity index (χ2n) is 19.5. The number of methoxy groups -OCH3 is 2. The van der Waals surface area contributed by atoms with E-state index in [1.807, 2.05) is 6.92 Å². The first-order chi connectivity index (χ1) is 32.7. The lowest BCUT2D eigenvalue weighted by Gasteiger charge is -2.53. The number of morpholine rings is 1. The van der Waals surface area contributed by atoms with Gasteiger partial charge < -0.3 is 74.1 Å². The van der Waals surface area contributed by atoms with Crippen LogP contribution in [-0.2, 0) is 54.0 Å². The Labute approximate surface area is 390 Å². The van der Waals surface area contributed by atoms with Crippen LogP contribution in [0, 0.1) is 0 Å². The molecule has 21 nitrogen and oxygen atoms in total. The van der Waals surface area contributed by atoms with Crippen LogP contribution in [0.5, 0.6) is 17.2 Å². The Kier molecular flexibility index (Phi) is 11.6. The summed E-state index contributed by atoms with van der Waals surface area (Å²) in [5.74, 6) is -3.92. The van der Waals surface area contributed by atoms with Crippen molar-refractivity contribution in [2.45, 2.75) is 137 Å². The second kappa shape index (κ2) is 17.2. The molecule has 2 aromatic rings. The van der Waals surface area contributed by atoms with Gasteiger partial charge in [0.1, 0.15) is 41.2 Å². The Balaban J connectivity index is 0.857. The molecule has 21 heteroatoms. The van der Waals surface area contributed by atoms with Gasteiger partial charge in [0.25, 0.3) is 5.91 Å². The molecular weight excluding hydrogens is 891 g/mol. The van der Waals surface area contributed by atoms with Crippen LogP contribution < -0.4 is 15.8 Å². The van der Waals surface area contributed by atoms with Gasteiger partial charge in [-0.15, -0.1) is 0 Å². The van der Waals surface area contributed by atoms with Crippen LogP contribution >= 0.6 is 0 Å². The maximum absolute atomic E-state index is 15.0. The lowest BCUT2D eigenvalue weighted by Crippen LogP contribution is -2.68. The molecular formula is C47H57N5O16. The van der Waals surface area contributed by atoms with Crippen molar-refractivity contribution < 1.29 is 77.2 Å². The Morgan fingerprint density at radius 3 is 2.41 bits per heavy atom. The summed E-state index contributed by atoms with van der Waals surface area (Å²) in [5, 5.41) is 40.1. The van der Waals surface area contributed by atoms with Gasteiger partial charge in [0.15, 0.2) is 24.6 Å². The molecule has 68 heavy (non-hydrogen) atoms. The molecule has 0 radical (unpaired) electrons. The van der Waals surface area contributed by atoms with E-state index in [0.29, 0.717) is 32.6 Å². The summed E-state index contributed by atoms with van der Waals surface area (Å²) >= 11 is 0. The summed E-state index contributed by atoms with van der Waals surface area (Å²) in [6.07, 6.45) is -4.64. The van der Waals surface area contributed by atoms with Crippen molar-refractivity contribution in [2.24, 2.45) is 5.73 Å². The van der Waals surface area contributed by atoms with E-state index in [1.165, 1.54) is 25.3 Å². The zero-order valence-corrected chi connectivity index (χ0v) is 38.0. The van der Waals surface area contributed by atoms with Gasteiger partial charge >= 0.3 is 0 Å². The summed E-state index contributed by atoms with van der Waals surface area (Å²) in [5.41, 5.74) is 2.59. The quantitative estimate of drug-likeness (QED) is 0.173. The number of fused-ring (bicyclic) bond motifs is 10. The number of amides is 3. The van der Waals surface area contributed by atoms with Crippen LogP contribution in [0.25, 0.3) is 0 Å². The number of carbonyl (C=O) groups excluding carboxylic acids is 5. The summed E-state index contributed by atoms with van der Waals surface area (Å²) in [4.78, 5) is 75.6. The number of carbonyl (C=O) groups is 5. The number of phenolic OH excluding ortho intramolecular Hbond substituents is 2. The highest BCUT2D eigenvalue weighted by Crippen LogP contribution is 2.53. The summed E-state index contributed by atoms with van der Waals surface area (Å²) in [6.45, 7) is 3.69. The summed E-state index contributed by atoms with van der Waals surface area (Å²) in [6, 6.07) is 2.76. The number of rotatable bonds is 9. The fourth-order valence-electron chi connectivity index (χ4n) is 12.4. The third-order valence-corrected chi connectivity index (χ3v) is 15.7. The number of aliphatic hydroxyl groups is 1. The average molecular weight is 948 g/mol. The van der Waals surface area contributed by atoms with Crippen LogP contribution in [-0.4, -0.2) is 192 Å². The largest absolute Gasteiger partial charge is 0.507 e. The number of nitrogens with two attached hydrogens (primary N) is 1. The lowest BCUT2D eigenvalue weighted by atomic mass is 9.72. The summed E-state index contributed by atoms with van der Waals surface area (Å²) in [7, 11) is 2.89. The van der Waals surface area contributed by atoms with Crippen LogP contribution in [0.3, 0.4) is 0 Å². The van der Waals surface area contributed by atoms with Gasteiger partial charge in [0.05, 0.1) is 67.9 Å². The van der Waals surface area contributed by atoms with Crippen LogP contribution in [0.2, 0.25) is 0 Å². The maximum atomic E-state index is 15.0. The Hall–Kier alpha value is -4.81. The van der Waals surface area contributed by atoms with Gasteiger partial charge in [0, 0.05) is 93.7 Å². The standard InChI is InChI=1S/C47H57N5O16/c1-20-41-27(50-11-12-63-45(62-3)44(50)68-41)13-32(66-20)67-29-15-47(60,14-24-34(29)40(58)36-35(38(24)56)37(55)23-5-4-6-28(61-2)33(23)39(36)57)46(59)52-17-21-7-8-22(52)16-51(21)31(54)10-9-30(53)49-26-19-65-42-25(48)18-64-43(26)42/h4-6,20-22,25-27,29,32,41-45,56,58,60H,7-19,48H2,1-3H3,(H,49,53)/t20-,21?,22+,25-,26-,27-,29-,32-,41+,42+,43+,44+,45-,47-/m0/s1. The van der Waals surface area contributed by atoms with Crippen molar-refractivity contribution >= 4 is 29.3 Å². The van der Waals surface area contributed by atoms with Crippen LogP contribution in [0.15, 0.2) is 18.2 Å². The molecule has 3 amide bonds. The molecule has 0 aromatic heterocycles. The van der Waals surface area contributed by atoms with E-state index in [4.69, 9.17) is 43.6 Å². The smallest absolute Gasteiger partial charge is 0.255 e. The Morgan fingerprint density at radius 1 is 0.912 bits per heavy atom. The summed E-state index contributed by atoms with van der Waals surface area (Å²) < 4.78 is 47.8. The SMILES string of the molecule is COc1cccc2c1C(=O)c1c(O)c3c(c(O)c1C2=O)C[C@@](O)(C(=O)N1CC2CC[C@@H]1CN2C(=O)CCC(=O)N[C@H]1CO[C@H]2[C@@H]1OC[C@@H]2N)C[C@@H]3O[C@H]1C[C@H]2[C@H](O[C@@H]3[C@@H](OC)OCCN32)[C@H](C)O1. The van der Waals surface area contributed by atoms with Crippen LogP contribution in [0.4, 0.5) is 0 Å².